The third-order valence-corrected chi connectivity index (χ3v) is 5.26. The molecule has 1 atom stereocenters. The zero-order chi connectivity index (χ0) is 13.3. The Bertz CT molecular complexity index is 530. The summed E-state index contributed by atoms with van der Waals surface area (Å²) in [4.78, 5) is 1.89. The first-order chi connectivity index (χ1) is 8.49. The maximum Gasteiger partial charge on any atom is 0.127 e. The first-order valence-corrected chi connectivity index (χ1v) is 7.34. The van der Waals surface area contributed by atoms with Gasteiger partial charge in [-0.3, -0.25) is 0 Å². The van der Waals surface area contributed by atoms with Crippen molar-refractivity contribution in [1.82, 2.24) is 0 Å². The molecule has 0 saturated heterocycles. The Balaban J connectivity index is 2.23. The Kier molecular flexibility index (Phi) is 4.43. The van der Waals surface area contributed by atoms with Crippen molar-refractivity contribution < 1.29 is 9.50 Å². The van der Waals surface area contributed by atoms with Gasteiger partial charge in [0.1, 0.15) is 5.82 Å². The van der Waals surface area contributed by atoms with Crippen molar-refractivity contribution in [2.45, 2.75) is 19.4 Å². The number of thiophene rings is 1. The molecule has 0 amide bonds. The highest BCUT2D eigenvalue weighted by molar-refractivity contribution is 9.10. The summed E-state index contributed by atoms with van der Waals surface area (Å²) in [6, 6.07) is 6.39. The normalized spacial score (nSPS) is 12.7. The molecule has 0 bridgehead atoms. The van der Waals surface area contributed by atoms with Crippen LogP contribution in [0.5, 0.6) is 0 Å². The van der Waals surface area contributed by atoms with Crippen molar-refractivity contribution in [3.8, 4) is 0 Å². The molecule has 0 radical (unpaired) electrons. The van der Waals surface area contributed by atoms with Gasteiger partial charge in [-0.1, -0.05) is 17.7 Å². The van der Waals surface area contributed by atoms with Crippen LogP contribution in [0.2, 0.25) is 5.02 Å². The van der Waals surface area contributed by atoms with E-state index >= 15 is 0 Å². The van der Waals surface area contributed by atoms with Crippen LogP contribution >= 0.6 is 38.9 Å². The summed E-state index contributed by atoms with van der Waals surface area (Å²) in [5.74, 6) is -0.381. The smallest absolute Gasteiger partial charge is 0.127 e. The largest absolute Gasteiger partial charge is 0.387 e. The van der Waals surface area contributed by atoms with Gasteiger partial charge >= 0.3 is 0 Å². The number of benzene rings is 1. The Morgan fingerprint density at radius 2 is 2.22 bits per heavy atom. The zero-order valence-corrected chi connectivity index (χ0v) is 12.7. The lowest BCUT2D eigenvalue weighted by Gasteiger charge is -2.10. The maximum atomic E-state index is 13.6. The van der Waals surface area contributed by atoms with E-state index in [4.69, 9.17) is 11.6 Å². The van der Waals surface area contributed by atoms with Crippen LogP contribution in [0.1, 0.15) is 21.4 Å². The molecule has 1 nitrogen and oxygen atoms in total. The van der Waals surface area contributed by atoms with Gasteiger partial charge in [0.25, 0.3) is 0 Å². The maximum absolute atomic E-state index is 13.6. The van der Waals surface area contributed by atoms with Crippen LogP contribution in [-0.2, 0) is 6.42 Å². The first-order valence-electron chi connectivity index (χ1n) is 5.36. The standard InChI is InChI=1S/C13H11BrClFOS/c1-7-9(14)6-13(18-7)12(17)5-8-10(15)3-2-4-11(8)16/h2-4,6,12,17H,5H2,1H3. The zero-order valence-electron chi connectivity index (χ0n) is 9.58. The highest BCUT2D eigenvalue weighted by Gasteiger charge is 2.17. The Hall–Kier alpha value is -0.420. The third-order valence-electron chi connectivity index (χ3n) is 2.66. The van der Waals surface area contributed by atoms with Crippen molar-refractivity contribution in [3.63, 3.8) is 0 Å². The summed E-state index contributed by atoms with van der Waals surface area (Å²) >= 11 is 10.8. The molecule has 0 aliphatic carbocycles. The monoisotopic (exact) mass is 348 g/mol. The second kappa shape index (κ2) is 5.70. The minimum absolute atomic E-state index is 0.178. The fourth-order valence-electron chi connectivity index (χ4n) is 1.67. The molecular formula is C13H11BrClFOS. The molecule has 1 heterocycles. The van der Waals surface area contributed by atoms with Crippen LogP contribution in [-0.4, -0.2) is 5.11 Å². The average Bonchev–Trinajstić information content (AvgIpc) is 2.64. The predicted molar refractivity (Wildman–Crippen MR) is 76.8 cm³/mol. The Morgan fingerprint density at radius 1 is 1.50 bits per heavy atom. The van der Waals surface area contributed by atoms with Crippen molar-refractivity contribution in [2.75, 3.05) is 0 Å². The number of halogens is 3. The number of hydrogen-bond donors (Lipinski definition) is 1. The van der Waals surface area contributed by atoms with E-state index in [9.17, 15) is 9.50 Å². The summed E-state index contributed by atoms with van der Waals surface area (Å²) in [6.45, 7) is 1.96. The van der Waals surface area contributed by atoms with Gasteiger partial charge < -0.3 is 5.11 Å². The fraction of sp³-hybridized carbons (Fsp3) is 0.231. The highest BCUT2D eigenvalue weighted by atomic mass is 79.9. The molecule has 0 aliphatic heterocycles. The molecule has 1 unspecified atom stereocenters. The van der Waals surface area contributed by atoms with Gasteiger partial charge in [-0.2, -0.15) is 0 Å². The molecule has 1 aromatic carbocycles. The van der Waals surface area contributed by atoms with Crippen LogP contribution < -0.4 is 0 Å². The van der Waals surface area contributed by atoms with Crippen LogP contribution in [0.15, 0.2) is 28.7 Å². The topological polar surface area (TPSA) is 20.2 Å². The van der Waals surface area contributed by atoms with Crippen LogP contribution in [0.4, 0.5) is 4.39 Å². The Labute approximate surface area is 122 Å². The van der Waals surface area contributed by atoms with Crippen LogP contribution in [0.25, 0.3) is 0 Å². The molecule has 0 saturated carbocycles. The lowest BCUT2D eigenvalue weighted by molar-refractivity contribution is 0.181. The van der Waals surface area contributed by atoms with E-state index < -0.39 is 6.10 Å². The molecule has 0 fully saturated rings. The molecular weight excluding hydrogens is 339 g/mol. The SMILES string of the molecule is Cc1sc(C(O)Cc2c(F)cccc2Cl)cc1Br. The highest BCUT2D eigenvalue weighted by Crippen LogP contribution is 2.33. The van der Waals surface area contributed by atoms with Gasteiger partial charge in [-0.15, -0.1) is 11.3 Å². The van der Waals surface area contributed by atoms with Gasteiger partial charge in [0, 0.05) is 31.2 Å². The lowest BCUT2D eigenvalue weighted by atomic mass is 10.1. The van der Waals surface area contributed by atoms with E-state index in [0.717, 1.165) is 14.2 Å². The number of aryl methyl sites for hydroxylation is 1. The number of aliphatic hydroxyl groups is 1. The number of hydrogen-bond acceptors (Lipinski definition) is 2. The molecule has 18 heavy (non-hydrogen) atoms. The van der Waals surface area contributed by atoms with E-state index in [1.807, 2.05) is 13.0 Å². The van der Waals surface area contributed by atoms with Crippen molar-refractivity contribution in [1.29, 1.82) is 0 Å². The summed E-state index contributed by atoms with van der Waals surface area (Å²) in [5, 5.41) is 10.5. The van der Waals surface area contributed by atoms with Gasteiger partial charge in [-0.05, 0) is 41.1 Å². The predicted octanol–water partition coefficient (Wildman–Crippen LogP) is 4.89. The molecule has 1 aromatic heterocycles. The van der Waals surface area contributed by atoms with Crippen LogP contribution in [0.3, 0.4) is 0 Å². The molecule has 0 spiro atoms. The van der Waals surface area contributed by atoms with Crippen LogP contribution in [0, 0.1) is 12.7 Å². The fourth-order valence-corrected chi connectivity index (χ4v) is 3.45. The number of aliphatic hydroxyl groups excluding tert-OH is 1. The van der Waals surface area contributed by atoms with E-state index in [2.05, 4.69) is 15.9 Å². The Morgan fingerprint density at radius 3 is 2.78 bits per heavy atom. The van der Waals surface area contributed by atoms with E-state index in [1.165, 1.54) is 17.4 Å². The third kappa shape index (κ3) is 2.94. The van der Waals surface area contributed by atoms with Crippen molar-refractivity contribution in [3.05, 3.63) is 54.9 Å². The van der Waals surface area contributed by atoms with E-state index in [0.29, 0.717) is 10.6 Å². The summed E-state index contributed by atoms with van der Waals surface area (Å²) in [7, 11) is 0. The molecule has 5 heteroatoms. The minimum atomic E-state index is -0.741. The quantitative estimate of drug-likeness (QED) is 0.836. The van der Waals surface area contributed by atoms with Gasteiger partial charge in [0.15, 0.2) is 0 Å². The van der Waals surface area contributed by atoms with Gasteiger partial charge in [0.05, 0.1) is 6.10 Å². The van der Waals surface area contributed by atoms with Gasteiger partial charge in [-0.25, -0.2) is 4.39 Å². The lowest BCUT2D eigenvalue weighted by Crippen LogP contribution is -2.02. The molecule has 1 N–H and O–H groups in total. The second-order valence-corrected chi connectivity index (χ2v) is 6.52. The summed E-state index contributed by atoms with van der Waals surface area (Å²) in [5.41, 5.74) is 0.355. The molecule has 2 aromatic rings. The second-order valence-electron chi connectivity index (χ2n) is 3.97. The van der Waals surface area contributed by atoms with Gasteiger partial charge in [0.2, 0.25) is 0 Å². The molecule has 96 valence electrons. The van der Waals surface area contributed by atoms with Crippen molar-refractivity contribution in [2.24, 2.45) is 0 Å². The number of rotatable bonds is 3. The summed E-state index contributed by atoms with van der Waals surface area (Å²) < 4.78 is 14.6. The van der Waals surface area contributed by atoms with Crippen molar-refractivity contribution >= 4 is 38.9 Å². The minimum Gasteiger partial charge on any atom is -0.387 e. The van der Waals surface area contributed by atoms with E-state index in [-0.39, 0.29) is 12.2 Å². The summed E-state index contributed by atoms with van der Waals surface area (Å²) in [6.07, 6.45) is -0.563. The molecule has 2 rings (SSSR count). The first kappa shape index (κ1) is 14.0. The molecule has 0 aliphatic rings. The average molecular weight is 350 g/mol. The van der Waals surface area contributed by atoms with E-state index in [1.54, 1.807) is 12.1 Å².